The number of ether oxygens (including phenoxy) is 1. The van der Waals surface area contributed by atoms with E-state index in [2.05, 4.69) is 18.7 Å². The molecule has 1 saturated carbocycles. The SMILES string of the molecule is C[C@@H]1CN(C2CCCCC2C(=O)O)C[C@H](C)O1. The smallest absolute Gasteiger partial charge is 0.308 e. The molecule has 0 bridgehead atoms. The molecule has 4 nitrogen and oxygen atoms in total. The third-order valence-electron chi connectivity index (χ3n) is 3.96. The summed E-state index contributed by atoms with van der Waals surface area (Å²) in [6.45, 7) is 5.89. The lowest BCUT2D eigenvalue weighted by Crippen LogP contribution is -2.54. The van der Waals surface area contributed by atoms with E-state index in [0.717, 1.165) is 38.8 Å². The Kier molecular flexibility index (Phi) is 4.05. The van der Waals surface area contributed by atoms with Crippen molar-refractivity contribution in [3.05, 3.63) is 0 Å². The molecule has 2 rings (SSSR count). The van der Waals surface area contributed by atoms with Crippen LogP contribution in [0.15, 0.2) is 0 Å². The molecule has 1 N–H and O–H groups in total. The third kappa shape index (κ3) is 2.99. The fourth-order valence-electron chi connectivity index (χ4n) is 3.32. The van der Waals surface area contributed by atoms with Gasteiger partial charge in [0.2, 0.25) is 0 Å². The van der Waals surface area contributed by atoms with E-state index in [1.54, 1.807) is 0 Å². The fraction of sp³-hybridized carbons (Fsp3) is 0.923. The molecule has 0 aromatic carbocycles. The van der Waals surface area contributed by atoms with E-state index in [0.29, 0.717) is 0 Å². The van der Waals surface area contributed by atoms with E-state index < -0.39 is 5.97 Å². The number of hydrogen-bond acceptors (Lipinski definition) is 3. The van der Waals surface area contributed by atoms with Crippen molar-refractivity contribution in [3.63, 3.8) is 0 Å². The minimum Gasteiger partial charge on any atom is -0.481 e. The molecule has 2 fully saturated rings. The molecule has 0 aromatic rings. The molecule has 0 amide bonds. The lowest BCUT2D eigenvalue weighted by atomic mass is 9.83. The van der Waals surface area contributed by atoms with Crippen LogP contribution in [0.5, 0.6) is 0 Å². The Morgan fingerprint density at radius 3 is 2.35 bits per heavy atom. The van der Waals surface area contributed by atoms with Crippen molar-refractivity contribution < 1.29 is 14.6 Å². The zero-order chi connectivity index (χ0) is 12.4. The molecule has 0 aromatic heterocycles. The molecule has 1 saturated heterocycles. The first kappa shape index (κ1) is 12.8. The molecule has 4 heteroatoms. The van der Waals surface area contributed by atoms with Gasteiger partial charge in [-0.1, -0.05) is 12.8 Å². The predicted octanol–water partition coefficient (Wildman–Crippen LogP) is 1.74. The van der Waals surface area contributed by atoms with Gasteiger partial charge in [-0.3, -0.25) is 9.69 Å². The first-order chi connectivity index (χ1) is 8.08. The van der Waals surface area contributed by atoms with Crippen LogP contribution in [0.4, 0.5) is 0 Å². The number of aliphatic carboxylic acids is 1. The lowest BCUT2D eigenvalue weighted by molar-refractivity contribution is -0.149. The maximum Gasteiger partial charge on any atom is 0.308 e. The van der Waals surface area contributed by atoms with E-state index in [1.165, 1.54) is 0 Å². The third-order valence-corrected chi connectivity index (χ3v) is 3.96. The van der Waals surface area contributed by atoms with Crippen LogP contribution in [-0.4, -0.2) is 47.3 Å². The van der Waals surface area contributed by atoms with E-state index in [-0.39, 0.29) is 24.2 Å². The highest BCUT2D eigenvalue weighted by Crippen LogP contribution is 2.30. The molecular weight excluding hydrogens is 218 g/mol. The van der Waals surface area contributed by atoms with Crippen LogP contribution in [0.3, 0.4) is 0 Å². The quantitative estimate of drug-likeness (QED) is 0.800. The van der Waals surface area contributed by atoms with Gasteiger partial charge >= 0.3 is 5.97 Å². The summed E-state index contributed by atoms with van der Waals surface area (Å²) in [7, 11) is 0. The van der Waals surface area contributed by atoms with Crippen LogP contribution in [0.2, 0.25) is 0 Å². The lowest BCUT2D eigenvalue weighted by Gasteiger charge is -2.43. The molecule has 1 aliphatic heterocycles. The van der Waals surface area contributed by atoms with Crippen LogP contribution in [0, 0.1) is 5.92 Å². The summed E-state index contributed by atoms with van der Waals surface area (Å²) in [5, 5.41) is 9.31. The number of nitrogens with zero attached hydrogens (tertiary/aromatic N) is 1. The van der Waals surface area contributed by atoms with Crippen LogP contribution in [-0.2, 0) is 9.53 Å². The summed E-state index contributed by atoms with van der Waals surface area (Å²) in [6, 6.07) is 0.218. The number of rotatable bonds is 2. The number of morpholine rings is 1. The van der Waals surface area contributed by atoms with Gasteiger partial charge in [-0.15, -0.1) is 0 Å². The van der Waals surface area contributed by atoms with Crippen LogP contribution < -0.4 is 0 Å². The molecule has 1 heterocycles. The Bertz CT molecular complexity index is 272. The number of carboxylic acids is 1. The monoisotopic (exact) mass is 241 g/mol. The fourth-order valence-corrected chi connectivity index (χ4v) is 3.32. The Hall–Kier alpha value is -0.610. The topological polar surface area (TPSA) is 49.8 Å². The number of carbonyl (C=O) groups is 1. The summed E-state index contributed by atoms with van der Waals surface area (Å²) in [5.41, 5.74) is 0. The average Bonchev–Trinajstić information content (AvgIpc) is 2.27. The van der Waals surface area contributed by atoms with Gasteiger partial charge < -0.3 is 9.84 Å². The second-order valence-electron chi connectivity index (χ2n) is 5.51. The molecule has 17 heavy (non-hydrogen) atoms. The zero-order valence-corrected chi connectivity index (χ0v) is 10.8. The van der Waals surface area contributed by atoms with Crippen LogP contribution in [0.25, 0.3) is 0 Å². The molecule has 0 spiro atoms. The summed E-state index contributed by atoms with van der Waals surface area (Å²) >= 11 is 0. The second-order valence-corrected chi connectivity index (χ2v) is 5.51. The highest BCUT2D eigenvalue weighted by Gasteiger charge is 2.37. The van der Waals surface area contributed by atoms with E-state index in [4.69, 9.17) is 4.74 Å². The first-order valence-electron chi connectivity index (χ1n) is 6.70. The Morgan fingerprint density at radius 1 is 1.18 bits per heavy atom. The predicted molar refractivity (Wildman–Crippen MR) is 65.0 cm³/mol. The summed E-state index contributed by atoms with van der Waals surface area (Å²) in [6.07, 6.45) is 4.51. The van der Waals surface area contributed by atoms with E-state index >= 15 is 0 Å². The summed E-state index contributed by atoms with van der Waals surface area (Å²) in [4.78, 5) is 13.7. The van der Waals surface area contributed by atoms with Gasteiger partial charge in [-0.25, -0.2) is 0 Å². The van der Waals surface area contributed by atoms with Crippen molar-refractivity contribution in [3.8, 4) is 0 Å². The van der Waals surface area contributed by atoms with Crippen LogP contribution in [0.1, 0.15) is 39.5 Å². The number of carboxylic acid groups (broad SMARTS) is 1. The molecule has 1 aliphatic carbocycles. The maximum absolute atomic E-state index is 11.3. The average molecular weight is 241 g/mol. The van der Waals surface area contributed by atoms with Crippen molar-refractivity contribution >= 4 is 5.97 Å². The van der Waals surface area contributed by atoms with Gasteiger partial charge in [0.1, 0.15) is 0 Å². The minimum absolute atomic E-state index is 0.179. The van der Waals surface area contributed by atoms with Gasteiger partial charge in [0.25, 0.3) is 0 Å². The number of hydrogen-bond donors (Lipinski definition) is 1. The van der Waals surface area contributed by atoms with Gasteiger partial charge in [-0.05, 0) is 26.7 Å². The molecule has 0 radical (unpaired) electrons. The highest BCUT2D eigenvalue weighted by atomic mass is 16.5. The standard InChI is InChI=1S/C13H23NO3/c1-9-7-14(8-10(2)17-9)12-6-4-3-5-11(12)13(15)16/h9-12H,3-8H2,1-2H3,(H,15,16)/t9-,10+,11?,12?. The Balaban J connectivity index is 2.05. The molecule has 4 atom stereocenters. The normalized spacial score (nSPS) is 40.1. The van der Waals surface area contributed by atoms with Crippen molar-refractivity contribution in [1.82, 2.24) is 4.90 Å². The highest BCUT2D eigenvalue weighted by molar-refractivity contribution is 5.71. The van der Waals surface area contributed by atoms with Gasteiger partial charge in [0, 0.05) is 19.1 Å². The van der Waals surface area contributed by atoms with Gasteiger partial charge in [0.15, 0.2) is 0 Å². The van der Waals surface area contributed by atoms with Gasteiger partial charge in [-0.2, -0.15) is 0 Å². The van der Waals surface area contributed by atoms with Crippen molar-refractivity contribution in [1.29, 1.82) is 0 Å². The van der Waals surface area contributed by atoms with E-state index in [1.807, 2.05) is 0 Å². The van der Waals surface area contributed by atoms with Gasteiger partial charge in [0.05, 0.1) is 18.1 Å². The van der Waals surface area contributed by atoms with Crippen molar-refractivity contribution in [2.75, 3.05) is 13.1 Å². The van der Waals surface area contributed by atoms with Crippen molar-refractivity contribution in [2.24, 2.45) is 5.92 Å². The summed E-state index contributed by atoms with van der Waals surface area (Å²) < 4.78 is 5.71. The maximum atomic E-state index is 11.3. The first-order valence-corrected chi connectivity index (χ1v) is 6.70. The minimum atomic E-state index is -0.624. The molecule has 98 valence electrons. The van der Waals surface area contributed by atoms with Crippen molar-refractivity contribution in [2.45, 2.75) is 57.8 Å². The second kappa shape index (κ2) is 5.36. The van der Waals surface area contributed by atoms with Crippen LogP contribution >= 0.6 is 0 Å². The Labute approximate surface area is 103 Å². The summed E-state index contributed by atoms with van der Waals surface area (Å²) in [5.74, 6) is -0.803. The molecular formula is C13H23NO3. The molecule has 2 unspecified atom stereocenters. The largest absolute Gasteiger partial charge is 0.481 e. The Morgan fingerprint density at radius 2 is 1.76 bits per heavy atom. The zero-order valence-electron chi connectivity index (χ0n) is 10.8. The molecule has 2 aliphatic rings. The van der Waals surface area contributed by atoms with E-state index in [9.17, 15) is 9.90 Å².